The second-order valence-electron chi connectivity index (χ2n) is 2.07. The van der Waals surface area contributed by atoms with Crippen LogP contribution in [0, 0.1) is 0 Å². The van der Waals surface area contributed by atoms with E-state index >= 15 is 0 Å². The quantitative estimate of drug-likeness (QED) is 0.445. The Kier molecular flexibility index (Phi) is 5.32. The summed E-state index contributed by atoms with van der Waals surface area (Å²) in [7, 11) is 0. The van der Waals surface area contributed by atoms with Gasteiger partial charge in [0.25, 0.3) is 0 Å². The summed E-state index contributed by atoms with van der Waals surface area (Å²) >= 11 is 0. The molecule has 0 unspecified atom stereocenters. The highest BCUT2D eigenvalue weighted by atomic mass is 15.2. The van der Waals surface area contributed by atoms with Gasteiger partial charge in [-0.25, -0.2) is 0 Å². The monoisotopic (exact) mass is 128 g/mol. The smallest absolute Gasteiger partial charge is 0.0114 e. The molecule has 0 fully saturated rings. The molecule has 2 nitrogen and oxygen atoms in total. The fourth-order valence-corrected chi connectivity index (χ4v) is 0.790. The lowest BCUT2D eigenvalue weighted by Gasteiger charge is -1.99. The number of hydrogen-bond acceptors (Lipinski definition) is 2. The second-order valence-corrected chi connectivity index (χ2v) is 2.07. The van der Waals surface area contributed by atoms with E-state index in [0.717, 1.165) is 12.8 Å². The molecule has 0 bridgehead atoms. The van der Waals surface area contributed by atoms with Crippen LogP contribution in [0.15, 0.2) is 11.8 Å². The highest BCUT2D eigenvalue weighted by Crippen LogP contribution is 2.06. The first kappa shape index (κ1) is 8.50. The van der Waals surface area contributed by atoms with Crippen molar-refractivity contribution < 1.29 is 0 Å². The van der Waals surface area contributed by atoms with Crippen molar-refractivity contribution in [3.63, 3.8) is 0 Å². The third-order valence-electron chi connectivity index (χ3n) is 1.31. The van der Waals surface area contributed by atoms with Gasteiger partial charge in [-0.3, -0.25) is 5.84 Å². The topological polar surface area (TPSA) is 38.0 Å². The molecule has 0 saturated carbocycles. The Morgan fingerprint density at radius 3 is 2.56 bits per heavy atom. The predicted octanol–water partition coefficient (Wildman–Crippen LogP) is 1.54. The van der Waals surface area contributed by atoms with Crippen LogP contribution >= 0.6 is 0 Å². The van der Waals surface area contributed by atoms with Crippen LogP contribution in [0.5, 0.6) is 0 Å². The van der Waals surface area contributed by atoms with Gasteiger partial charge < -0.3 is 5.43 Å². The zero-order valence-corrected chi connectivity index (χ0v) is 6.28. The van der Waals surface area contributed by atoms with Crippen LogP contribution in [0.3, 0.4) is 0 Å². The van der Waals surface area contributed by atoms with E-state index in [-0.39, 0.29) is 0 Å². The number of allylic oxidation sites excluding steroid dienone is 1. The van der Waals surface area contributed by atoms with E-state index < -0.39 is 0 Å². The zero-order chi connectivity index (χ0) is 7.11. The van der Waals surface area contributed by atoms with Crippen molar-refractivity contribution in [2.24, 2.45) is 5.84 Å². The lowest BCUT2D eigenvalue weighted by Crippen LogP contribution is -2.14. The minimum absolute atomic E-state index is 1.10. The average Bonchev–Trinajstić information content (AvgIpc) is 1.88. The lowest BCUT2D eigenvalue weighted by atomic mass is 10.1. The lowest BCUT2D eigenvalue weighted by molar-refractivity contribution is 0.826. The van der Waals surface area contributed by atoms with Crippen LogP contribution in [-0.2, 0) is 0 Å². The number of hydrogen-bond donors (Lipinski definition) is 2. The Labute approximate surface area is 57.1 Å². The van der Waals surface area contributed by atoms with E-state index in [1.165, 1.54) is 12.0 Å². The molecule has 0 spiro atoms. The van der Waals surface area contributed by atoms with Gasteiger partial charge in [-0.1, -0.05) is 25.8 Å². The Morgan fingerprint density at radius 1 is 1.56 bits per heavy atom. The van der Waals surface area contributed by atoms with E-state index in [9.17, 15) is 0 Å². The molecule has 0 aromatic rings. The molecule has 0 atom stereocenters. The van der Waals surface area contributed by atoms with Crippen LogP contribution in [-0.4, -0.2) is 0 Å². The van der Waals surface area contributed by atoms with Gasteiger partial charge in [0, 0.05) is 6.20 Å². The summed E-state index contributed by atoms with van der Waals surface area (Å²) in [6.07, 6.45) is 5.32. The molecule has 54 valence electrons. The summed E-state index contributed by atoms with van der Waals surface area (Å²) in [6.45, 7) is 4.30. The van der Waals surface area contributed by atoms with Gasteiger partial charge in [0.1, 0.15) is 0 Å². The van der Waals surface area contributed by atoms with E-state index in [2.05, 4.69) is 19.3 Å². The summed E-state index contributed by atoms with van der Waals surface area (Å²) < 4.78 is 0. The first-order chi connectivity index (χ1) is 4.35. The number of nitrogens with two attached hydrogens (primary N) is 1. The fraction of sp³-hybridized carbons (Fsp3) is 0.714. The van der Waals surface area contributed by atoms with Crippen LogP contribution < -0.4 is 11.3 Å². The molecule has 0 aromatic heterocycles. The third-order valence-corrected chi connectivity index (χ3v) is 1.31. The van der Waals surface area contributed by atoms with Crippen molar-refractivity contribution >= 4 is 0 Å². The molecule has 0 rings (SSSR count). The Morgan fingerprint density at radius 2 is 2.22 bits per heavy atom. The summed E-state index contributed by atoms with van der Waals surface area (Å²) in [5.74, 6) is 5.11. The van der Waals surface area contributed by atoms with Gasteiger partial charge in [-0.05, 0) is 12.8 Å². The van der Waals surface area contributed by atoms with Gasteiger partial charge in [0.05, 0.1) is 0 Å². The minimum Gasteiger partial charge on any atom is -0.331 e. The van der Waals surface area contributed by atoms with Crippen molar-refractivity contribution in [2.45, 2.75) is 33.1 Å². The van der Waals surface area contributed by atoms with Gasteiger partial charge in [-0.2, -0.15) is 0 Å². The highest BCUT2D eigenvalue weighted by molar-refractivity contribution is 4.98. The molecule has 0 aromatic carbocycles. The summed E-state index contributed by atoms with van der Waals surface area (Å²) in [6, 6.07) is 0. The summed E-state index contributed by atoms with van der Waals surface area (Å²) in [4.78, 5) is 0. The number of rotatable bonds is 4. The second kappa shape index (κ2) is 5.63. The Balaban J connectivity index is 3.53. The van der Waals surface area contributed by atoms with Crippen molar-refractivity contribution in [3.8, 4) is 0 Å². The molecule has 0 saturated heterocycles. The average molecular weight is 128 g/mol. The molecule has 0 aliphatic carbocycles. The molecule has 9 heavy (non-hydrogen) atoms. The molecule has 0 radical (unpaired) electrons. The Hall–Kier alpha value is -0.500. The number of hydrazine groups is 1. The summed E-state index contributed by atoms with van der Waals surface area (Å²) in [5, 5.41) is 0. The number of nitrogens with one attached hydrogen (secondary N) is 1. The minimum atomic E-state index is 1.10. The highest BCUT2D eigenvalue weighted by Gasteiger charge is 1.88. The zero-order valence-electron chi connectivity index (χ0n) is 6.28. The van der Waals surface area contributed by atoms with E-state index in [1.807, 2.05) is 6.20 Å². The molecule has 2 heteroatoms. The third kappa shape index (κ3) is 4.03. The summed E-state index contributed by atoms with van der Waals surface area (Å²) in [5.41, 5.74) is 3.93. The molecular formula is C7H16N2. The van der Waals surface area contributed by atoms with Crippen LogP contribution in [0.2, 0.25) is 0 Å². The van der Waals surface area contributed by atoms with Crippen molar-refractivity contribution in [2.75, 3.05) is 0 Å². The van der Waals surface area contributed by atoms with E-state index in [4.69, 9.17) is 5.84 Å². The van der Waals surface area contributed by atoms with Crippen LogP contribution in [0.4, 0.5) is 0 Å². The Bertz CT molecular complexity index is 86.9. The normalized spacial score (nSPS) is 11.7. The van der Waals surface area contributed by atoms with Crippen LogP contribution in [0.25, 0.3) is 0 Å². The molecule has 3 N–H and O–H groups in total. The van der Waals surface area contributed by atoms with Gasteiger partial charge >= 0.3 is 0 Å². The van der Waals surface area contributed by atoms with E-state index in [0.29, 0.717) is 0 Å². The van der Waals surface area contributed by atoms with Crippen molar-refractivity contribution in [1.29, 1.82) is 0 Å². The molecule has 0 aliphatic heterocycles. The fourth-order valence-electron chi connectivity index (χ4n) is 0.790. The van der Waals surface area contributed by atoms with Crippen LogP contribution in [0.1, 0.15) is 33.1 Å². The maximum absolute atomic E-state index is 5.11. The van der Waals surface area contributed by atoms with Crippen molar-refractivity contribution in [1.82, 2.24) is 5.43 Å². The first-order valence-corrected chi connectivity index (χ1v) is 3.49. The molecule has 0 heterocycles. The van der Waals surface area contributed by atoms with Gasteiger partial charge in [0.2, 0.25) is 0 Å². The molecule has 0 amide bonds. The first-order valence-electron chi connectivity index (χ1n) is 3.49. The predicted molar refractivity (Wildman–Crippen MR) is 40.6 cm³/mol. The van der Waals surface area contributed by atoms with E-state index in [1.54, 1.807) is 0 Å². The maximum atomic E-state index is 5.11. The van der Waals surface area contributed by atoms with Crippen molar-refractivity contribution in [3.05, 3.63) is 11.8 Å². The largest absolute Gasteiger partial charge is 0.331 e. The van der Waals surface area contributed by atoms with Gasteiger partial charge in [0.15, 0.2) is 0 Å². The van der Waals surface area contributed by atoms with Gasteiger partial charge in [-0.15, -0.1) is 0 Å². The maximum Gasteiger partial charge on any atom is 0.0114 e. The molecule has 0 aliphatic rings. The molecular weight excluding hydrogens is 112 g/mol. The SMILES string of the molecule is CCC/C(=C\NN)CC. The standard InChI is InChI=1S/C7H16N2/c1-3-5-7(4-2)6-9-8/h6,9H,3-5,8H2,1-2H3/b7-6-.